The number of anilines is 1. The molecule has 16 heavy (non-hydrogen) atoms. The number of benzene rings is 1. The molecule has 0 saturated carbocycles. The summed E-state index contributed by atoms with van der Waals surface area (Å²) in [7, 11) is 0. The van der Waals surface area contributed by atoms with Crippen molar-refractivity contribution in [2.75, 3.05) is 5.32 Å². The third-order valence-corrected chi connectivity index (χ3v) is 2.28. The van der Waals surface area contributed by atoms with Crippen LogP contribution < -0.4 is 5.32 Å². The molecule has 0 fully saturated rings. The Labute approximate surface area is 95.8 Å². The van der Waals surface area contributed by atoms with E-state index in [0.717, 1.165) is 16.8 Å². The van der Waals surface area contributed by atoms with Crippen LogP contribution >= 0.6 is 0 Å². The number of carbonyl (C=O) groups is 1. The molecule has 1 aromatic rings. The van der Waals surface area contributed by atoms with E-state index in [1.807, 2.05) is 33.9 Å². The highest BCUT2D eigenvalue weighted by atomic mass is 16.4. The van der Waals surface area contributed by atoms with Gasteiger partial charge in [-0.05, 0) is 57.2 Å². The standard InChI is InChI=1S/C13H17NO2/c1-8(2)7-14-12-9(3)5-11(13(15)16)6-10(12)4/h5-7,14H,1-4H3,(H,15,16). The molecule has 3 nitrogen and oxygen atoms in total. The highest BCUT2D eigenvalue weighted by Gasteiger charge is 2.08. The van der Waals surface area contributed by atoms with Gasteiger partial charge in [0.15, 0.2) is 0 Å². The maximum Gasteiger partial charge on any atom is 0.335 e. The number of hydrogen-bond donors (Lipinski definition) is 2. The number of allylic oxidation sites excluding steroid dienone is 1. The van der Waals surface area contributed by atoms with Crippen LogP contribution in [0, 0.1) is 13.8 Å². The van der Waals surface area contributed by atoms with E-state index >= 15 is 0 Å². The van der Waals surface area contributed by atoms with Gasteiger partial charge in [0.1, 0.15) is 0 Å². The van der Waals surface area contributed by atoms with Crippen LogP contribution in [0.3, 0.4) is 0 Å². The number of rotatable bonds is 3. The summed E-state index contributed by atoms with van der Waals surface area (Å²) in [6.45, 7) is 7.81. The van der Waals surface area contributed by atoms with Crippen molar-refractivity contribution >= 4 is 11.7 Å². The van der Waals surface area contributed by atoms with Crippen LogP contribution in [0.25, 0.3) is 0 Å². The summed E-state index contributed by atoms with van der Waals surface area (Å²) in [5.74, 6) is -0.889. The predicted molar refractivity (Wildman–Crippen MR) is 65.9 cm³/mol. The number of carboxylic acid groups (broad SMARTS) is 1. The van der Waals surface area contributed by atoms with Crippen molar-refractivity contribution in [3.05, 3.63) is 40.6 Å². The van der Waals surface area contributed by atoms with Crippen molar-refractivity contribution < 1.29 is 9.90 Å². The maximum atomic E-state index is 10.9. The lowest BCUT2D eigenvalue weighted by molar-refractivity contribution is 0.0696. The zero-order chi connectivity index (χ0) is 12.3. The molecule has 0 amide bonds. The molecular formula is C13H17NO2. The molecule has 0 aliphatic heterocycles. The van der Waals surface area contributed by atoms with Crippen LogP contribution in [0.5, 0.6) is 0 Å². The predicted octanol–water partition coefficient (Wildman–Crippen LogP) is 3.34. The van der Waals surface area contributed by atoms with Gasteiger partial charge in [0.2, 0.25) is 0 Å². The number of nitrogens with one attached hydrogen (secondary N) is 1. The third kappa shape index (κ3) is 2.86. The van der Waals surface area contributed by atoms with Crippen molar-refractivity contribution in [3.8, 4) is 0 Å². The van der Waals surface area contributed by atoms with Gasteiger partial charge in [0, 0.05) is 5.69 Å². The average molecular weight is 219 g/mol. The lowest BCUT2D eigenvalue weighted by Crippen LogP contribution is -2.01. The first-order chi connectivity index (χ1) is 7.41. The Morgan fingerprint density at radius 3 is 2.12 bits per heavy atom. The second-order valence-corrected chi connectivity index (χ2v) is 4.16. The Hall–Kier alpha value is -1.77. The van der Waals surface area contributed by atoms with Gasteiger partial charge in [-0.1, -0.05) is 5.57 Å². The first kappa shape index (κ1) is 12.3. The van der Waals surface area contributed by atoms with Crippen LogP contribution in [-0.2, 0) is 0 Å². The van der Waals surface area contributed by atoms with Gasteiger partial charge >= 0.3 is 5.97 Å². The minimum atomic E-state index is -0.889. The minimum absolute atomic E-state index is 0.331. The molecule has 0 bridgehead atoms. The summed E-state index contributed by atoms with van der Waals surface area (Å²) >= 11 is 0. The molecule has 0 spiro atoms. The molecule has 0 unspecified atom stereocenters. The van der Waals surface area contributed by atoms with Crippen LogP contribution in [0.1, 0.15) is 35.3 Å². The van der Waals surface area contributed by atoms with Crippen molar-refractivity contribution in [2.45, 2.75) is 27.7 Å². The zero-order valence-corrected chi connectivity index (χ0v) is 10.1. The van der Waals surface area contributed by atoms with E-state index in [0.29, 0.717) is 5.56 Å². The van der Waals surface area contributed by atoms with E-state index in [-0.39, 0.29) is 0 Å². The summed E-state index contributed by atoms with van der Waals surface area (Å²) in [5, 5.41) is 12.1. The molecule has 3 heteroatoms. The van der Waals surface area contributed by atoms with E-state index in [1.54, 1.807) is 12.1 Å². The SMILES string of the molecule is CC(C)=CNc1c(C)cc(C(=O)O)cc1C. The van der Waals surface area contributed by atoms with Gasteiger partial charge in [-0.25, -0.2) is 4.79 Å². The number of aromatic carboxylic acids is 1. The van der Waals surface area contributed by atoms with Crippen molar-refractivity contribution in [1.82, 2.24) is 0 Å². The van der Waals surface area contributed by atoms with Gasteiger partial charge in [-0.3, -0.25) is 0 Å². The van der Waals surface area contributed by atoms with Gasteiger partial charge in [-0.2, -0.15) is 0 Å². The van der Waals surface area contributed by atoms with E-state index in [1.165, 1.54) is 5.57 Å². The number of aryl methyl sites for hydroxylation is 2. The molecular weight excluding hydrogens is 202 g/mol. The molecule has 0 atom stereocenters. The second-order valence-electron chi connectivity index (χ2n) is 4.16. The van der Waals surface area contributed by atoms with Gasteiger partial charge in [0.05, 0.1) is 5.56 Å². The Morgan fingerprint density at radius 2 is 1.75 bits per heavy atom. The molecule has 86 valence electrons. The Bertz CT molecular complexity index is 420. The summed E-state index contributed by atoms with van der Waals surface area (Å²) in [4.78, 5) is 10.9. The lowest BCUT2D eigenvalue weighted by Gasteiger charge is -2.11. The van der Waals surface area contributed by atoms with E-state index in [2.05, 4.69) is 5.32 Å². The fourth-order valence-electron chi connectivity index (χ4n) is 1.53. The quantitative estimate of drug-likeness (QED) is 0.819. The molecule has 1 rings (SSSR count). The highest BCUT2D eigenvalue weighted by Crippen LogP contribution is 2.22. The molecule has 0 aromatic heterocycles. The molecule has 2 N–H and O–H groups in total. The molecule has 0 saturated heterocycles. The molecule has 0 radical (unpaired) electrons. The first-order valence-electron chi connectivity index (χ1n) is 5.16. The Balaban J connectivity index is 3.12. The second kappa shape index (κ2) is 4.84. The Kier molecular flexibility index (Phi) is 3.72. The van der Waals surface area contributed by atoms with Crippen LogP contribution in [0.2, 0.25) is 0 Å². The van der Waals surface area contributed by atoms with Gasteiger partial charge in [-0.15, -0.1) is 0 Å². The fourth-order valence-corrected chi connectivity index (χ4v) is 1.53. The molecule has 1 aromatic carbocycles. The van der Waals surface area contributed by atoms with E-state index in [9.17, 15) is 4.79 Å². The minimum Gasteiger partial charge on any atom is -0.478 e. The average Bonchev–Trinajstić information content (AvgIpc) is 2.15. The zero-order valence-electron chi connectivity index (χ0n) is 10.1. The third-order valence-electron chi connectivity index (χ3n) is 2.28. The number of hydrogen-bond acceptors (Lipinski definition) is 2. The number of carboxylic acids is 1. The summed E-state index contributed by atoms with van der Waals surface area (Å²) in [5.41, 5.74) is 4.36. The molecule has 0 aliphatic carbocycles. The molecule has 0 aliphatic rings. The van der Waals surface area contributed by atoms with Crippen LogP contribution in [-0.4, -0.2) is 11.1 Å². The van der Waals surface area contributed by atoms with Gasteiger partial charge in [0.25, 0.3) is 0 Å². The smallest absolute Gasteiger partial charge is 0.335 e. The summed E-state index contributed by atoms with van der Waals surface area (Å²) in [6.07, 6.45) is 1.91. The van der Waals surface area contributed by atoms with Crippen molar-refractivity contribution in [2.24, 2.45) is 0 Å². The fraction of sp³-hybridized carbons (Fsp3) is 0.308. The Morgan fingerprint density at radius 1 is 1.25 bits per heavy atom. The summed E-state index contributed by atoms with van der Waals surface area (Å²) < 4.78 is 0. The van der Waals surface area contributed by atoms with E-state index < -0.39 is 5.97 Å². The highest BCUT2D eigenvalue weighted by molar-refractivity contribution is 5.89. The van der Waals surface area contributed by atoms with Crippen LogP contribution in [0.4, 0.5) is 5.69 Å². The first-order valence-corrected chi connectivity index (χ1v) is 5.16. The van der Waals surface area contributed by atoms with Crippen LogP contribution in [0.15, 0.2) is 23.9 Å². The van der Waals surface area contributed by atoms with Crippen molar-refractivity contribution in [3.63, 3.8) is 0 Å². The monoisotopic (exact) mass is 219 g/mol. The maximum absolute atomic E-state index is 10.9. The largest absolute Gasteiger partial charge is 0.478 e. The molecule has 0 heterocycles. The van der Waals surface area contributed by atoms with Crippen molar-refractivity contribution in [1.29, 1.82) is 0 Å². The van der Waals surface area contributed by atoms with E-state index in [4.69, 9.17) is 5.11 Å². The van der Waals surface area contributed by atoms with Gasteiger partial charge < -0.3 is 10.4 Å². The topological polar surface area (TPSA) is 49.3 Å². The summed E-state index contributed by atoms with van der Waals surface area (Å²) in [6, 6.07) is 3.35. The lowest BCUT2D eigenvalue weighted by atomic mass is 10.0. The normalized spacial score (nSPS) is 9.75.